The van der Waals surface area contributed by atoms with Crippen molar-refractivity contribution in [3.05, 3.63) is 92.3 Å². The lowest BCUT2D eigenvalue weighted by Gasteiger charge is -2.43. The van der Waals surface area contributed by atoms with Crippen LogP contribution in [-0.2, 0) is 13.1 Å². The summed E-state index contributed by atoms with van der Waals surface area (Å²) in [5.74, 6) is 0.134. The molecule has 3 aromatic rings. The van der Waals surface area contributed by atoms with Gasteiger partial charge in [-0.15, -0.1) is 0 Å². The minimum atomic E-state index is -0.307. The quantitative estimate of drug-likeness (QED) is 0.372. The monoisotopic (exact) mass is 589 g/mol. The maximum absolute atomic E-state index is 13.1. The predicted octanol–water partition coefficient (Wildman–Crippen LogP) is 5.90. The van der Waals surface area contributed by atoms with Gasteiger partial charge >= 0.3 is 0 Å². The zero-order valence-electron chi connectivity index (χ0n) is 21.6. The van der Waals surface area contributed by atoms with Crippen molar-refractivity contribution in [3.8, 4) is 0 Å². The number of hydrogen-bond donors (Lipinski definition) is 1. The van der Waals surface area contributed by atoms with Gasteiger partial charge in [0.2, 0.25) is 0 Å². The Morgan fingerprint density at radius 3 is 2.31 bits per heavy atom. The molecule has 0 bridgehead atoms. The summed E-state index contributed by atoms with van der Waals surface area (Å²) in [5, 5.41) is 4.69. The van der Waals surface area contributed by atoms with Crippen LogP contribution in [0, 0.1) is 5.82 Å². The number of halogens is 4. The highest BCUT2D eigenvalue weighted by molar-refractivity contribution is 6.35. The molecule has 2 fully saturated rings. The van der Waals surface area contributed by atoms with Crippen molar-refractivity contribution in [2.75, 3.05) is 44.2 Å². The Morgan fingerprint density at radius 2 is 1.64 bits per heavy atom. The Morgan fingerprint density at radius 1 is 0.923 bits per heavy atom. The average Bonchev–Trinajstić information content (AvgIpc) is 2.94. The van der Waals surface area contributed by atoms with E-state index in [9.17, 15) is 9.18 Å². The minimum Gasteiger partial charge on any atom is -0.353 e. The number of rotatable bonds is 7. The molecular formula is C29H31Cl3FN5O. The van der Waals surface area contributed by atoms with E-state index >= 15 is 0 Å². The zero-order valence-corrected chi connectivity index (χ0v) is 23.8. The van der Waals surface area contributed by atoms with Crippen molar-refractivity contribution in [2.24, 2.45) is 0 Å². The van der Waals surface area contributed by atoms with Gasteiger partial charge in [-0.25, -0.2) is 9.37 Å². The fourth-order valence-corrected chi connectivity index (χ4v) is 6.06. The molecule has 5 rings (SSSR count). The van der Waals surface area contributed by atoms with E-state index in [4.69, 9.17) is 34.8 Å². The normalized spacial score (nSPS) is 17.4. The minimum absolute atomic E-state index is 0.269. The Bertz CT molecular complexity index is 1290. The van der Waals surface area contributed by atoms with E-state index in [0.717, 1.165) is 74.8 Å². The van der Waals surface area contributed by atoms with Crippen molar-refractivity contribution in [1.82, 2.24) is 20.1 Å². The molecule has 0 aliphatic carbocycles. The highest BCUT2D eigenvalue weighted by Gasteiger charge is 2.28. The van der Waals surface area contributed by atoms with Crippen molar-refractivity contribution >= 4 is 46.5 Å². The van der Waals surface area contributed by atoms with Crippen LogP contribution in [0.1, 0.15) is 34.3 Å². The number of nitrogens with zero attached hydrogens (tertiary/aromatic N) is 4. The third-order valence-corrected chi connectivity index (χ3v) is 8.41. The molecule has 0 atom stereocenters. The molecule has 2 aliphatic rings. The predicted molar refractivity (Wildman–Crippen MR) is 155 cm³/mol. The molecule has 0 spiro atoms. The van der Waals surface area contributed by atoms with Gasteiger partial charge in [-0.3, -0.25) is 14.6 Å². The third-order valence-electron chi connectivity index (χ3n) is 7.55. The van der Waals surface area contributed by atoms with Crippen LogP contribution in [-0.4, -0.2) is 66.0 Å². The molecule has 10 heteroatoms. The van der Waals surface area contributed by atoms with Crippen LogP contribution in [0.4, 0.5) is 10.2 Å². The Labute approximate surface area is 243 Å². The number of carbonyl (C=O) groups excluding carboxylic acids is 1. The highest BCUT2D eigenvalue weighted by Crippen LogP contribution is 2.28. The van der Waals surface area contributed by atoms with E-state index in [2.05, 4.69) is 25.0 Å². The molecule has 0 saturated carbocycles. The molecule has 0 radical (unpaired) electrons. The summed E-state index contributed by atoms with van der Waals surface area (Å²) >= 11 is 19.0. The number of amides is 1. The number of carbonyl (C=O) groups is 1. The summed E-state index contributed by atoms with van der Waals surface area (Å²) in [6.07, 6.45) is 3.83. The van der Waals surface area contributed by atoms with E-state index in [0.29, 0.717) is 34.0 Å². The SMILES string of the molecule is O=C(NCc1ccc(F)cc1)c1cnc(N2CCN(C3CCN(Cc4ccc(Cl)cc4Cl)CC3)CC2)c(Cl)c1. The molecule has 3 heterocycles. The first kappa shape index (κ1) is 28.1. The Balaban J connectivity index is 1.08. The maximum Gasteiger partial charge on any atom is 0.253 e. The number of aromatic nitrogens is 1. The molecule has 2 saturated heterocycles. The topological polar surface area (TPSA) is 51.7 Å². The van der Waals surface area contributed by atoms with Gasteiger partial charge < -0.3 is 10.2 Å². The van der Waals surface area contributed by atoms with Crippen LogP contribution in [0.2, 0.25) is 15.1 Å². The standard InChI is InChI=1S/C29H31Cl3FN5O/c30-23-4-3-21(26(31)16-23)19-36-9-7-25(8-10-36)37-11-13-38(14-12-37)28-27(32)15-22(18-34-28)29(39)35-17-20-1-5-24(33)6-2-20/h1-6,15-16,18,25H,7-14,17,19H2,(H,35,39). The molecule has 206 valence electrons. The number of pyridine rings is 1. The van der Waals surface area contributed by atoms with Crippen molar-refractivity contribution in [3.63, 3.8) is 0 Å². The smallest absolute Gasteiger partial charge is 0.253 e. The first-order chi connectivity index (χ1) is 18.9. The lowest BCUT2D eigenvalue weighted by molar-refractivity contribution is 0.0950. The number of piperidine rings is 1. The highest BCUT2D eigenvalue weighted by atomic mass is 35.5. The molecule has 6 nitrogen and oxygen atoms in total. The first-order valence-electron chi connectivity index (χ1n) is 13.2. The van der Waals surface area contributed by atoms with Crippen LogP contribution >= 0.6 is 34.8 Å². The second-order valence-corrected chi connectivity index (χ2v) is 11.4. The van der Waals surface area contributed by atoms with Crippen molar-refractivity contribution in [2.45, 2.75) is 32.0 Å². The lowest BCUT2D eigenvalue weighted by atomic mass is 10.0. The average molecular weight is 591 g/mol. The van der Waals surface area contributed by atoms with Crippen LogP contribution in [0.5, 0.6) is 0 Å². The van der Waals surface area contributed by atoms with Gasteiger partial charge in [-0.2, -0.15) is 0 Å². The number of hydrogen-bond acceptors (Lipinski definition) is 5. The molecular weight excluding hydrogens is 560 g/mol. The van der Waals surface area contributed by atoms with Crippen molar-refractivity contribution in [1.29, 1.82) is 0 Å². The van der Waals surface area contributed by atoms with Crippen LogP contribution in [0.25, 0.3) is 0 Å². The summed E-state index contributed by atoms with van der Waals surface area (Å²) in [7, 11) is 0. The fourth-order valence-electron chi connectivity index (χ4n) is 5.31. The summed E-state index contributed by atoms with van der Waals surface area (Å²) in [6, 6.07) is 14.0. The van der Waals surface area contributed by atoms with Crippen LogP contribution in [0.15, 0.2) is 54.7 Å². The number of piperazine rings is 1. The molecule has 0 unspecified atom stereocenters. The second-order valence-electron chi connectivity index (χ2n) is 10.1. The van der Waals surface area contributed by atoms with Gasteiger partial charge in [0.05, 0.1) is 10.6 Å². The number of anilines is 1. The number of nitrogens with one attached hydrogen (secondary N) is 1. The van der Waals surface area contributed by atoms with Crippen LogP contribution < -0.4 is 10.2 Å². The van der Waals surface area contributed by atoms with E-state index in [1.165, 1.54) is 12.1 Å². The molecule has 2 aliphatic heterocycles. The van der Waals surface area contributed by atoms with Crippen molar-refractivity contribution < 1.29 is 9.18 Å². The Kier molecular flexibility index (Phi) is 9.25. The zero-order chi connectivity index (χ0) is 27.4. The van der Waals surface area contributed by atoms with E-state index in [1.54, 1.807) is 24.4 Å². The first-order valence-corrected chi connectivity index (χ1v) is 14.3. The second kappa shape index (κ2) is 12.8. The molecule has 2 aromatic carbocycles. The van der Waals surface area contributed by atoms with E-state index in [-0.39, 0.29) is 11.7 Å². The van der Waals surface area contributed by atoms with Gasteiger partial charge in [-0.05, 0) is 67.4 Å². The number of benzene rings is 2. The molecule has 1 N–H and O–H groups in total. The summed E-state index contributed by atoms with van der Waals surface area (Å²) < 4.78 is 13.1. The van der Waals surface area contributed by atoms with Gasteiger partial charge in [0.1, 0.15) is 11.6 Å². The van der Waals surface area contributed by atoms with Crippen LogP contribution in [0.3, 0.4) is 0 Å². The van der Waals surface area contributed by atoms with Gasteiger partial charge in [0, 0.05) is 61.6 Å². The fraction of sp³-hybridized carbons (Fsp3) is 0.379. The van der Waals surface area contributed by atoms with Gasteiger partial charge in [0.25, 0.3) is 5.91 Å². The van der Waals surface area contributed by atoms with E-state index in [1.807, 2.05) is 18.2 Å². The van der Waals surface area contributed by atoms with E-state index < -0.39 is 0 Å². The van der Waals surface area contributed by atoms with Gasteiger partial charge in [0.15, 0.2) is 0 Å². The molecule has 39 heavy (non-hydrogen) atoms. The molecule has 1 aromatic heterocycles. The number of likely N-dealkylation sites (tertiary alicyclic amines) is 1. The summed E-state index contributed by atoms with van der Waals surface area (Å²) in [6.45, 7) is 6.81. The van der Waals surface area contributed by atoms with Gasteiger partial charge in [-0.1, -0.05) is 53.0 Å². The summed E-state index contributed by atoms with van der Waals surface area (Å²) in [5.41, 5.74) is 2.33. The Hall–Kier alpha value is -2.42. The lowest BCUT2D eigenvalue weighted by Crippen LogP contribution is -2.53. The molecule has 1 amide bonds. The maximum atomic E-state index is 13.1. The largest absolute Gasteiger partial charge is 0.353 e. The third kappa shape index (κ3) is 7.21. The summed E-state index contributed by atoms with van der Waals surface area (Å²) in [4.78, 5) is 24.3.